The number of rotatable bonds is 2. The van der Waals surface area contributed by atoms with Gasteiger partial charge in [0.15, 0.2) is 0 Å². The standard InChI is InChI=1S/C19H27N3/c1-2-6-15(7-3-1)14-20-12-13-22-18-10-5-11-21(18)17-9-4-8-16(20)19(17)22/h1-3,6-7,16-19H,4-5,8-14H2/t16-,17+,18+,19-/m1/s1. The average molecular weight is 297 g/mol. The van der Waals surface area contributed by atoms with E-state index >= 15 is 0 Å². The van der Waals surface area contributed by atoms with Crippen molar-refractivity contribution >= 4 is 0 Å². The van der Waals surface area contributed by atoms with Crippen LogP contribution in [0.2, 0.25) is 0 Å². The highest BCUT2D eigenvalue weighted by molar-refractivity contribution is 5.16. The van der Waals surface area contributed by atoms with Gasteiger partial charge in [0.1, 0.15) is 0 Å². The number of fused-ring (bicyclic) bond motifs is 3. The van der Waals surface area contributed by atoms with Crippen molar-refractivity contribution in [1.82, 2.24) is 14.7 Å². The second kappa shape index (κ2) is 5.33. The van der Waals surface area contributed by atoms with Crippen molar-refractivity contribution < 1.29 is 0 Å². The number of hydrogen-bond donors (Lipinski definition) is 0. The average Bonchev–Trinajstić information content (AvgIpc) is 3.14. The molecule has 1 aliphatic carbocycles. The summed E-state index contributed by atoms with van der Waals surface area (Å²) >= 11 is 0. The summed E-state index contributed by atoms with van der Waals surface area (Å²) < 4.78 is 0. The minimum Gasteiger partial charge on any atom is -0.293 e. The van der Waals surface area contributed by atoms with E-state index in [1.54, 1.807) is 0 Å². The van der Waals surface area contributed by atoms with Gasteiger partial charge in [-0.1, -0.05) is 36.8 Å². The topological polar surface area (TPSA) is 9.72 Å². The van der Waals surface area contributed by atoms with Crippen LogP contribution in [0.3, 0.4) is 0 Å². The fourth-order valence-electron chi connectivity index (χ4n) is 5.77. The lowest BCUT2D eigenvalue weighted by molar-refractivity contribution is -0.00177. The number of piperazine rings is 1. The van der Waals surface area contributed by atoms with Crippen LogP contribution in [-0.4, -0.2) is 58.6 Å². The smallest absolute Gasteiger partial charge is 0.0630 e. The van der Waals surface area contributed by atoms with E-state index in [0.717, 1.165) is 30.8 Å². The van der Waals surface area contributed by atoms with Crippen LogP contribution in [0.15, 0.2) is 30.3 Å². The van der Waals surface area contributed by atoms with Crippen LogP contribution in [0.5, 0.6) is 0 Å². The predicted molar refractivity (Wildman–Crippen MR) is 88.5 cm³/mol. The Morgan fingerprint density at radius 1 is 0.818 bits per heavy atom. The Bertz CT molecular complexity index is 519. The maximum Gasteiger partial charge on any atom is 0.0630 e. The molecule has 4 atom stereocenters. The summed E-state index contributed by atoms with van der Waals surface area (Å²) in [7, 11) is 0. The first-order chi connectivity index (χ1) is 10.9. The number of hydrogen-bond acceptors (Lipinski definition) is 3. The van der Waals surface area contributed by atoms with Crippen molar-refractivity contribution in [2.24, 2.45) is 0 Å². The Balaban J connectivity index is 1.40. The maximum absolute atomic E-state index is 2.89. The van der Waals surface area contributed by atoms with E-state index < -0.39 is 0 Å². The Morgan fingerprint density at radius 3 is 2.59 bits per heavy atom. The lowest BCUT2D eigenvalue weighted by Crippen LogP contribution is -2.62. The van der Waals surface area contributed by atoms with Crippen LogP contribution in [0, 0.1) is 0 Å². The van der Waals surface area contributed by atoms with Gasteiger partial charge in [-0.2, -0.15) is 0 Å². The zero-order valence-electron chi connectivity index (χ0n) is 13.4. The van der Waals surface area contributed by atoms with Crippen LogP contribution >= 0.6 is 0 Å². The molecule has 0 amide bonds. The lowest BCUT2D eigenvalue weighted by atomic mass is 9.83. The molecule has 1 saturated carbocycles. The van der Waals surface area contributed by atoms with Crippen molar-refractivity contribution in [3.8, 4) is 0 Å². The molecule has 0 spiro atoms. The van der Waals surface area contributed by atoms with Gasteiger partial charge in [-0.05, 0) is 31.2 Å². The van der Waals surface area contributed by atoms with Crippen molar-refractivity contribution in [2.45, 2.75) is 62.9 Å². The summed E-state index contributed by atoms with van der Waals surface area (Å²) in [5.41, 5.74) is 1.48. The van der Waals surface area contributed by atoms with E-state index in [1.807, 2.05) is 0 Å². The van der Waals surface area contributed by atoms with Gasteiger partial charge in [0, 0.05) is 44.3 Å². The first-order valence-electron chi connectivity index (χ1n) is 9.21. The number of nitrogens with zero attached hydrogens (tertiary/aromatic N) is 3. The molecule has 22 heavy (non-hydrogen) atoms. The van der Waals surface area contributed by atoms with Crippen LogP contribution < -0.4 is 0 Å². The van der Waals surface area contributed by atoms with Gasteiger partial charge in [0.2, 0.25) is 0 Å². The van der Waals surface area contributed by atoms with E-state index in [-0.39, 0.29) is 0 Å². The molecule has 0 N–H and O–H groups in total. The molecule has 3 aliphatic heterocycles. The Morgan fingerprint density at radius 2 is 1.68 bits per heavy atom. The summed E-state index contributed by atoms with van der Waals surface area (Å²) in [5, 5.41) is 0. The van der Waals surface area contributed by atoms with Gasteiger partial charge >= 0.3 is 0 Å². The largest absolute Gasteiger partial charge is 0.293 e. The van der Waals surface area contributed by atoms with Gasteiger partial charge in [0.05, 0.1) is 6.17 Å². The zero-order chi connectivity index (χ0) is 14.5. The van der Waals surface area contributed by atoms with E-state index in [1.165, 1.54) is 57.3 Å². The Kier molecular flexibility index (Phi) is 3.28. The van der Waals surface area contributed by atoms with Crippen molar-refractivity contribution in [2.75, 3.05) is 19.6 Å². The lowest BCUT2D eigenvalue weighted by Gasteiger charge is -2.49. The minimum absolute atomic E-state index is 0.787. The molecule has 1 aromatic carbocycles. The predicted octanol–water partition coefficient (Wildman–Crippen LogP) is 2.53. The summed E-state index contributed by atoms with van der Waals surface area (Å²) in [6.07, 6.45) is 7.89. The van der Waals surface area contributed by atoms with Crippen molar-refractivity contribution in [3.05, 3.63) is 35.9 Å². The molecule has 0 radical (unpaired) electrons. The van der Waals surface area contributed by atoms with E-state index in [0.29, 0.717) is 0 Å². The fourth-order valence-corrected chi connectivity index (χ4v) is 5.77. The third-order valence-corrected chi connectivity index (χ3v) is 6.58. The summed E-state index contributed by atoms with van der Waals surface area (Å²) in [4.78, 5) is 8.55. The molecule has 0 bridgehead atoms. The summed E-state index contributed by atoms with van der Waals surface area (Å²) in [6.45, 7) is 5.04. The third-order valence-electron chi connectivity index (χ3n) is 6.58. The highest BCUT2D eigenvalue weighted by atomic mass is 15.5. The monoisotopic (exact) mass is 297 g/mol. The summed E-state index contributed by atoms with van der Waals surface area (Å²) in [5.74, 6) is 0. The van der Waals surface area contributed by atoms with Crippen LogP contribution in [-0.2, 0) is 6.54 Å². The molecule has 0 unspecified atom stereocenters. The second-order valence-corrected chi connectivity index (χ2v) is 7.61. The summed E-state index contributed by atoms with van der Waals surface area (Å²) in [6, 6.07) is 13.5. The molecular formula is C19H27N3. The first-order valence-corrected chi connectivity index (χ1v) is 9.21. The van der Waals surface area contributed by atoms with E-state index in [9.17, 15) is 0 Å². The molecule has 5 rings (SSSR count). The van der Waals surface area contributed by atoms with Crippen LogP contribution in [0.1, 0.15) is 37.7 Å². The first kappa shape index (κ1) is 13.5. The molecule has 4 fully saturated rings. The van der Waals surface area contributed by atoms with Gasteiger partial charge in [-0.25, -0.2) is 0 Å². The molecule has 0 aromatic heterocycles. The molecule has 3 nitrogen and oxygen atoms in total. The van der Waals surface area contributed by atoms with Crippen LogP contribution in [0.4, 0.5) is 0 Å². The highest BCUT2D eigenvalue weighted by Gasteiger charge is 2.55. The maximum atomic E-state index is 2.89. The minimum atomic E-state index is 0.787. The molecule has 4 aliphatic rings. The Labute approximate surface area is 133 Å². The molecule has 1 aromatic rings. The van der Waals surface area contributed by atoms with Crippen molar-refractivity contribution in [3.63, 3.8) is 0 Å². The zero-order valence-corrected chi connectivity index (χ0v) is 13.4. The molecular weight excluding hydrogens is 270 g/mol. The van der Waals surface area contributed by atoms with E-state index in [2.05, 4.69) is 45.0 Å². The molecule has 3 heterocycles. The van der Waals surface area contributed by atoms with Gasteiger partial charge < -0.3 is 0 Å². The fraction of sp³-hybridized carbons (Fsp3) is 0.684. The molecule has 3 heteroatoms. The second-order valence-electron chi connectivity index (χ2n) is 7.61. The van der Waals surface area contributed by atoms with Crippen molar-refractivity contribution in [1.29, 1.82) is 0 Å². The molecule has 118 valence electrons. The van der Waals surface area contributed by atoms with Gasteiger partial charge in [0.25, 0.3) is 0 Å². The van der Waals surface area contributed by atoms with Gasteiger partial charge in [-0.15, -0.1) is 0 Å². The van der Waals surface area contributed by atoms with Gasteiger partial charge in [-0.3, -0.25) is 14.7 Å². The quantitative estimate of drug-likeness (QED) is 0.830. The Hall–Kier alpha value is -0.900. The van der Waals surface area contributed by atoms with Crippen LogP contribution in [0.25, 0.3) is 0 Å². The van der Waals surface area contributed by atoms with E-state index in [4.69, 9.17) is 0 Å². The number of benzene rings is 1. The normalized spacial score (nSPS) is 38.9. The third kappa shape index (κ3) is 1.99. The highest BCUT2D eigenvalue weighted by Crippen LogP contribution is 2.44. The SMILES string of the molecule is c1ccc(CN2CCN3[C@@H]4[C@H]2CCC[C@@H]4N2CCC[C@H]32)cc1. The molecule has 3 saturated heterocycles.